The van der Waals surface area contributed by atoms with Crippen LogP contribution >= 0.6 is 0 Å². The second-order valence-corrected chi connectivity index (χ2v) is 30.6. The van der Waals surface area contributed by atoms with Crippen LogP contribution in [-0.4, -0.2) is 143 Å². The first-order valence-corrected chi connectivity index (χ1v) is 38.9. The number of hydrogen-bond donors (Lipinski definition) is 8. The first-order valence-electron chi connectivity index (χ1n) is 38.9. The maximum absolute atomic E-state index is 15.1. The number of para-hydroxylation sites is 3. The molecule has 604 valence electrons. The average molecular weight is 1590 g/mol. The minimum atomic E-state index is -1.12. The number of amides is 5. The van der Waals surface area contributed by atoms with E-state index in [0.29, 0.717) is 62.0 Å². The Labute approximate surface area is 674 Å². The maximum Gasteiger partial charge on any atom is 0.312 e. The van der Waals surface area contributed by atoms with Crippen molar-refractivity contribution < 1.29 is 76.9 Å². The van der Waals surface area contributed by atoms with Crippen LogP contribution in [0.2, 0.25) is 0 Å². The van der Waals surface area contributed by atoms with Gasteiger partial charge in [-0.1, -0.05) is 109 Å². The number of piperidine rings is 1. The molecule has 117 heavy (non-hydrogen) atoms. The van der Waals surface area contributed by atoms with Crippen LogP contribution in [0.1, 0.15) is 65.5 Å². The zero-order valence-electron chi connectivity index (χ0n) is 64.9. The normalized spacial score (nSPS) is 19.8. The Hall–Kier alpha value is -12.4. The van der Waals surface area contributed by atoms with Gasteiger partial charge in [0, 0.05) is 90.1 Å². The number of hydroxylamine groups is 3. The van der Waals surface area contributed by atoms with Gasteiger partial charge in [-0.15, -0.1) is 0 Å². The van der Waals surface area contributed by atoms with Gasteiger partial charge in [-0.05, 0) is 172 Å². The van der Waals surface area contributed by atoms with Crippen LogP contribution in [0, 0.1) is 51.6 Å². The van der Waals surface area contributed by atoms with Crippen molar-refractivity contribution in [3.05, 3.63) is 252 Å². The predicted molar refractivity (Wildman–Crippen MR) is 431 cm³/mol. The van der Waals surface area contributed by atoms with E-state index in [2.05, 4.69) is 44.8 Å². The van der Waals surface area contributed by atoms with Gasteiger partial charge in [-0.2, -0.15) is 0 Å². The first-order chi connectivity index (χ1) is 56.8. The number of rotatable bonds is 26. The number of aromatic nitrogens is 4. The summed E-state index contributed by atoms with van der Waals surface area (Å²) in [7, 11) is 4.45. The van der Waals surface area contributed by atoms with Gasteiger partial charge in [0.25, 0.3) is 0 Å². The Morgan fingerprint density at radius 1 is 0.530 bits per heavy atom. The van der Waals surface area contributed by atoms with Gasteiger partial charge in [-0.3, -0.25) is 49.4 Å². The van der Waals surface area contributed by atoms with Crippen molar-refractivity contribution in [1.29, 1.82) is 0 Å². The van der Waals surface area contributed by atoms with E-state index >= 15 is 8.78 Å². The molecule has 5 fully saturated rings. The number of fused-ring (bicyclic) bond motifs is 3. The van der Waals surface area contributed by atoms with Crippen molar-refractivity contribution in [2.75, 3.05) is 72.0 Å². The molecule has 16 rings (SSSR count). The van der Waals surface area contributed by atoms with Gasteiger partial charge in [-0.25, -0.2) is 40.2 Å². The van der Waals surface area contributed by atoms with Crippen LogP contribution in [0.5, 0.6) is 17.2 Å². The number of nitrogens with zero attached hydrogens (tertiary/aromatic N) is 6. The lowest BCUT2D eigenvalue weighted by atomic mass is 9.91. The van der Waals surface area contributed by atoms with Crippen LogP contribution in [0.4, 0.5) is 14.6 Å². The van der Waals surface area contributed by atoms with Crippen LogP contribution in [0.3, 0.4) is 0 Å². The maximum atomic E-state index is 15.1. The molecule has 25 nitrogen and oxygen atoms in total. The third-order valence-electron chi connectivity index (χ3n) is 22.8. The summed E-state index contributed by atoms with van der Waals surface area (Å²) < 4.78 is 58.5. The largest absolute Gasteiger partial charge is 0.489 e. The summed E-state index contributed by atoms with van der Waals surface area (Å²) in [5.41, 5.74) is 13.0. The van der Waals surface area contributed by atoms with E-state index in [1.807, 2.05) is 133 Å². The SMILES string of the molecule is CN(C)C(=O)[C@@]1(Cc2ccc(OCc3cc(-c4ccncc4)nc4ccccc34)c(F)c2)C[C@@H]1C(=O)NO.COC(=O)[C@@]1(Cc2ccc(OCc3cc(N4CCOCC4)nc4ccccc34)c(F)c2)C[C@@H]1C(=O)NO.O=C(NO)[C@H]1C[C@]1(Cc1ccc(OCc2cc(-c3ccccc3)nc3ccccc23)cc1)C(=O)NCC1CCNCC1. The molecular formula is C90H91F2N11O14. The fourth-order valence-corrected chi connectivity index (χ4v) is 16.1. The van der Waals surface area contributed by atoms with E-state index < -0.39 is 69.3 Å². The Morgan fingerprint density at radius 2 is 0.983 bits per heavy atom. The molecule has 5 amide bonds. The number of carbonyl (C=O) groups is 6. The van der Waals surface area contributed by atoms with Gasteiger partial charge in [0.2, 0.25) is 29.5 Å². The second kappa shape index (κ2) is 36.2. The number of benzene rings is 7. The number of halogens is 2. The molecule has 4 aromatic heterocycles. The van der Waals surface area contributed by atoms with E-state index in [1.165, 1.54) is 36.3 Å². The number of esters is 1. The van der Waals surface area contributed by atoms with Crippen molar-refractivity contribution in [2.45, 2.75) is 71.2 Å². The summed E-state index contributed by atoms with van der Waals surface area (Å²) in [5, 5.41) is 36.6. The Balaban J connectivity index is 0.000000145. The Kier molecular flexibility index (Phi) is 25.1. The number of methoxy groups -OCH3 is 1. The number of morpholine rings is 1. The highest BCUT2D eigenvalue weighted by Crippen LogP contribution is 2.58. The predicted octanol–water partition coefficient (Wildman–Crippen LogP) is 11.8. The summed E-state index contributed by atoms with van der Waals surface area (Å²) in [6, 6.07) is 60.1. The molecule has 6 atom stereocenters. The molecule has 0 radical (unpaired) electrons. The molecule has 0 spiro atoms. The van der Waals surface area contributed by atoms with Gasteiger partial charge in [0.15, 0.2) is 23.1 Å². The van der Waals surface area contributed by atoms with Crippen molar-refractivity contribution >= 4 is 74.0 Å². The minimum absolute atomic E-state index is 0.0742. The highest BCUT2D eigenvalue weighted by atomic mass is 19.1. The van der Waals surface area contributed by atoms with E-state index in [9.17, 15) is 34.0 Å². The molecule has 2 aliphatic heterocycles. The standard InChI is InChI=1S/C34H36N4O4.C29H27FN4O4.C27H28FN3O6/c39-32(38-41)29-20-34(29,33(40)36-21-24-14-16-35-17-15-24)19-23-10-12-27(13-11-23)42-22-26-18-31(25-6-2-1-3-7-25)37-30-9-5-4-8-28(26)30;1-34(2)28(36)29(16-22(29)27(35)33-37)15-18-7-8-26(23(30)13-18)38-17-20-14-25(19-9-11-31-12-10-19)32-24-6-4-3-5-21(20)24;1-35-26(33)27(15-20(27)25(32)30-34)14-17-6-7-23(21(28)12-17)37-16-18-13-24(31-8-10-36-11-9-31)29-22-5-3-2-4-19(18)22/h1-13,18,24,29,35,41H,14-17,19-22H2,(H,36,40)(H,38,39);3-14,22,37H,15-17H2,1-2H3,(H,33,35);2-7,12-13,20,34H,8-11,14-16H2,1H3,(H,30,32)/t29-,34+;22-,29+;20-,27+/m111/s1. The summed E-state index contributed by atoms with van der Waals surface area (Å²) in [4.78, 5) is 96.8. The molecule has 0 bridgehead atoms. The number of nitrogens with one attached hydrogen (secondary N) is 5. The molecule has 5 aliphatic rings. The van der Waals surface area contributed by atoms with Crippen molar-refractivity contribution in [2.24, 2.45) is 39.9 Å². The highest BCUT2D eigenvalue weighted by Gasteiger charge is 2.66. The smallest absolute Gasteiger partial charge is 0.312 e. The van der Waals surface area contributed by atoms with Gasteiger partial charge < -0.3 is 44.1 Å². The van der Waals surface area contributed by atoms with Crippen LogP contribution in [-0.2, 0) is 77.3 Å². The van der Waals surface area contributed by atoms with E-state index in [-0.39, 0.29) is 62.2 Å². The third kappa shape index (κ3) is 18.5. The number of ether oxygens (including phenoxy) is 5. The molecule has 3 aliphatic carbocycles. The molecule has 11 aromatic rings. The van der Waals surface area contributed by atoms with Crippen LogP contribution in [0.25, 0.3) is 55.2 Å². The minimum Gasteiger partial charge on any atom is -0.489 e. The molecule has 27 heteroatoms. The number of carbonyl (C=O) groups excluding carboxylic acids is 6. The molecular weight excluding hydrogens is 1500 g/mol. The number of anilines is 1. The lowest BCUT2D eigenvalue weighted by molar-refractivity contribution is -0.149. The van der Waals surface area contributed by atoms with Gasteiger partial charge >= 0.3 is 5.97 Å². The molecule has 7 aromatic carbocycles. The molecule has 2 saturated heterocycles. The third-order valence-corrected chi connectivity index (χ3v) is 22.8. The summed E-state index contributed by atoms with van der Waals surface area (Å²) >= 11 is 0. The number of pyridine rings is 4. The highest BCUT2D eigenvalue weighted by molar-refractivity contribution is 5.97. The van der Waals surface area contributed by atoms with Crippen molar-refractivity contribution in [3.8, 4) is 39.8 Å². The summed E-state index contributed by atoms with van der Waals surface area (Å²) in [5.74, 6) is -3.66. The van der Waals surface area contributed by atoms with E-state index in [0.717, 1.165) is 122 Å². The van der Waals surface area contributed by atoms with E-state index in [4.69, 9.17) is 49.1 Å². The number of hydrogen-bond acceptors (Lipinski definition) is 20. The second-order valence-electron chi connectivity index (χ2n) is 30.6. The zero-order chi connectivity index (χ0) is 81.8. The van der Waals surface area contributed by atoms with Gasteiger partial charge in [0.1, 0.15) is 31.4 Å². The molecule has 8 N–H and O–H groups in total. The summed E-state index contributed by atoms with van der Waals surface area (Å²) in [6.07, 6.45) is 7.06. The van der Waals surface area contributed by atoms with E-state index in [1.54, 1.807) is 55.1 Å². The average Bonchev–Trinajstić information content (AvgIpc) is 1.58. The first kappa shape index (κ1) is 81.2. The van der Waals surface area contributed by atoms with Crippen LogP contribution < -0.4 is 46.2 Å². The zero-order valence-corrected chi connectivity index (χ0v) is 64.9. The molecule has 3 saturated carbocycles. The fraction of sp³-hybridized carbons (Fsp3) is 0.311. The Bertz CT molecular complexity index is 5450. The topological polar surface area (TPSA) is 327 Å². The Morgan fingerprint density at radius 3 is 1.51 bits per heavy atom. The molecule has 6 heterocycles. The lowest BCUT2D eigenvalue weighted by Crippen LogP contribution is -2.41. The van der Waals surface area contributed by atoms with Crippen molar-refractivity contribution in [1.82, 2.24) is 51.9 Å². The van der Waals surface area contributed by atoms with Crippen LogP contribution in [0.15, 0.2) is 207 Å². The quantitative estimate of drug-likeness (QED) is 0.0142. The lowest BCUT2D eigenvalue weighted by Gasteiger charge is -2.28. The monoisotopic (exact) mass is 1590 g/mol. The fourth-order valence-electron chi connectivity index (χ4n) is 16.1. The van der Waals surface area contributed by atoms with Gasteiger partial charge in [0.05, 0.1) is 82.3 Å². The molecule has 0 unspecified atom stereocenters. The van der Waals surface area contributed by atoms with Crippen molar-refractivity contribution in [3.63, 3.8) is 0 Å². The summed E-state index contributed by atoms with van der Waals surface area (Å²) in [6.45, 7) is 5.94.